The van der Waals surface area contributed by atoms with Crippen LogP contribution in [0.5, 0.6) is 11.5 Å². The number of halogens is 2. The first kappa shape index (κ1) is 10.3. The van der Waals surface area contributed by atoms with Crippen LogP contribution in [-0.4, -0.2) is 13.7 Å². The van der Waals surface area contributed by atoms with Gasteiger partial charge >= 0.3 is 6.61 Å². The molecule has 0 atom stereocenters. The lowest BCUT2D eigenvalue weighted by Crippen LogP contribution is -2.04. The second-order valence-corrected chi connectivity index (χ2v) is 2.32. The molecule has 1 aromatic rings. The van der Waals surface area contributed by atoms with Crippen molar-refractivity contribution in [1.82, 2.24) is 0 Å². The molecule has 0 bridgehead atoms. The molecule has 0 aromatic heterocycles. The summed E-state index contributed by atoms with van der Waals surface area (Å²) in [5.74, 6) is 0.0347. The highest BCUT2D eigenvalue weighted by Crippen LogP contribution is 2.28. The lowest BCUT2D eigenvalue weighted by Gasteiger charge is -2.08. The first-order valence-electron chi connectivity index (χ1n) is 3.71. The summed E-state index contributed by atoms with van der Waals surface area (Å²) in [6, 6.07) is 5.99. The first-order chi connectivity index (χ1) is 6.69. The van der Waals surface area contributed by atoms with Crippen LogP contribution in [0.2, 0.25) is 0 Å². The molecule has 0 amide bonds. The van der Waals surface area contributed by atoms with E-state index in [0.29, 0.717) is 0 Å². The Labute approximate surface area is 79.5 Å². The summed E-state index contributed by atoms with van der Waals surface area (Å²) in [5.41, 5.74) is -0.0321. The molecule has 0 fully saturated rings. The van der Waals surface area contributed by atoms with Gasteiger partial charge in [-0.2, -0.15) is 14.0 Å². The highest BCUT2D eigenvalue weighted by molar-refractivity contribution is 5.52. The van der Waals surface area contributed by atoms with Crippen molar-refractivity contribution in [3.63, 3.8) is 0 Å². The van der Waals surface area contributed by atoms with Gasteiger partial charge in [-0.1, -0.05) is 6.07 Å². The van der Waals surface area contributed by atoms with Crippen LogP contribution in [0.3, 0.4) is 0 Å². The zero-order valence-corrected chi connectivity index (χ0v) is 7.33. The fourth-order valence-corrected chi connectivity index (χ4v) is 0.985. The van der Waals surface area contributed by atoms with Crippen molar-refractivity contribution in [3.8, 4) is 17.6 Å². The SMILES string of the molecule is COc1cccc(OC(F)F)c1C#N. The molecular weight excluding hydrogens is 192 g/mol. The van der Waals surface area contributed by atoms with E-state index in [1.54, 1.807) is 6.07 Å². The molecular formula is C9H7F2NO2. The van der Waals surface area contributed by atoms with E-state index in [2.05, 4.69) is 4.74 Å². The van der Waals surface area contributed by atoms with Crippen LogP contribution in [0, 0.1) is 11.3 Å². The molecule has 0 spiro atoms. The number of hydrogen-bond donors (Lipinski definition) is 0. The Morgan fingerprint density at radius 3 is 2.50 bits per heavy atom. The molecule has 74 valence electrons. The summed E-state index contributed by atoms with van der Waals surface area (Å²) < 4.78 is 32.8. The molecule has 0 N–H and O–H groups in total. The second kappa shape index (κ2) is 4.42. The number of methoxy groups -OCH3 is 1. The molecule has 1 aromatic carbocycles. The van der Waals surface area contributed by atoms with Crippen LogP contribution in [0.25, 0.3) is 0 Å². The van der Waals surface area contributed by atoms with E-state index in [0.717, 1.165) is 0 Å². The zero-order chi connectivity index (χ0) is 10.6. The monoisotopic (exact) mass is 199 g/mol. The van der Waals surface area contributed by atoms with Crippen LogP contribution >= 0.6 is 0 Å². The van der Waals surface area contributed by atoms with Crippen molar-refractivity contribution in [1.29, 1.82) is 5.26 Å². The maximum atomic E-state index is 11.9. The van der Waals surface area contributed by atoms with Gasteiger partial charge in [0.25, 0.3) is 0 Å². The van der Waals surface area contributed by atoms with Crippen LogP contribution in [0.15, 0.2) is 18.2 Å². The Morgan fingerprint density at radius 1 is 1.36 bits per heavy atom. The summed E-state index contributed by atoms with van der Waals surface area (Å²) >= 11 is 0. The van der Waals surface area contributed by atoms with Gasteiger partial charge in [-0.05, 0) is 12.1 Å². The maximum absolute atomic E-state index is 11.9. The minimum atomic E-state index is -2.95. The average molecular weight is 199 g/mol. The molecule has 0 aliphatic carbocycles. The molecule has 0 saturated heterocycles. The first-order valence-corrected chi connectivity index (χ1v) is 3.71. The predicted molar refractivity (Wildman–Crippen MR) is 44.3 cm³/mol. The lowest BCUT2D eigenvalue weighted by molar-refractivity contribution is -0.0501. The number of nitrogens with zero attached hydrogens (tertiary/aromatic N) is 1. The summed E-state index contributed by atoms with van der Waals surface area (Å²) in [6.45, 7) is -2.95. The van der Waals surface area contributed by atoms with Gasteiger partial charge in [0, 0.05) is 0 Å². The quantitative estimate of drug-likeness (QED) is 0.749. The van der Waals surface area contributed by atoms with Crippen molar-refractivity contribution < 1.29 is 18.3 Å². The van der Waals surface area contributed by atoms with Gasteiger partial charge in [0.2, 0.25) is 0 Å². The van der Waals surface area contributed by atoms with Gasteiger partial charge in [-0.25, -0.2) is 0 Å². The summed E-state index contributed by atoms with van der Waals surface area (Å²) in [6.07, 6.45) is 0. The van der Waals surface area contributed by atoms with E-state index >= 15 is 0 Å². The van der Waals surface area contributed by atoms with Crippen LogP contribution in [-0.2, 0) is 0 Å². The maximum Gasteiger partial charge on any atom is 0.387 e. The molecule has 0 unspecified atom stereocenters. The third-order valence-electron chi connectivity index (χ3n) is 1.54. The lowest BCUT2D eigenvalue weighted by atomic mass is 10.2. The number of hydrogen-bond acceptors (Lipinski definition) is 3. The Balaban J connectivity index is 3.10. The summed E-state index contributed by atoms with van der Waals surface area (Å²) in [4.78, 5) is 0. The minimum Gasteiger partial charge on any atom is -0.495 e. The zero-order valence-electron chi connectivity index (χ0n) is 7.33. The molecule has 1 rings (SSSR count). The predicted octanol–water partition coefficient (Wildman–Crippen LogP) is 2.17. The largest absolute Gasteiger partial charge is 0.495 e. The fraction of sp³-hybridized carbons (Fsp3) is 0.222. The van der Waals surface area contributed by atoms with Crippen molar-refractivity contribution in [2.75, 3.05) is 7.11 Å². The van der Waals surface area contributed by atoms with Crippen LogP contribution in [0.1, 0.15) is 5.56 Å². The Morgan fingerprint density at radius 2 is 2.00 bits per heavy atom. The van der Waals surface area contributed by atoms with Gasteiger partial charge in [0.15, 0.2) is 0 Å². The number of ether oxygens (including phenoxy) is 2. The van der Waals surface area contributed by atoms with Crippen molar-refractivity contribution in [2.24, 2.45) is 0 Å². The standard InChI is InChI=1S/C9H7F2NO2/c1-13-7-3-2-4-8(6(7)5-12)14-9(10)11/h2-4,9H,1H3. The van der Waals surface area contributed by atoms with Gasteiger partial charge in [0.05, 0.1) is 7.11 Å². The molecule has 5 heteroatoms. The topological polar surface area (TPSA) is 42.2 Å². The fourth-order valence-electron chi connectivity index (χ4n) is 0.985. The van der Waals surface area contributed by atoms with E-state index in [-0.39, 0.29) is 17.1 Å². The molecule has 0 aliphatic rings. The third kappa shape index (κ3) is 2.10. The van der Waals surface area contributed by atoms with Crippen molar-refractivity contribution >= 4 is 0 Å². The van der Waals surface area contributed by atoms with E-state index in [4.69, 9.17) is 10.00 Å². The molecule has 3 nitrogen and oxygen atoms in total. The van der Waals surface area contributed by atoms with Crippen LogP contribution in [0.4, 0.5) is 8.78 Å². The normalized spacial score (nSPS) is 9.64. The molecule has 14 heavy (non-hydrogen) atoms. The van der Waals surface area contributed by atoms with Gasteiger partial charge in [-0.15, -0.1) is 0 Å². The van der Waals surface area contributed by atoms with Gasteiger partial charge in [0.1, 0.15) is 23.1 Å². The van der Waals surface area contributed by atoms with Crippen molar-refractivity contribution in [3.05, 3.63) is 23.8 Å². The van der Waals surface area contributed by atoms with E-state index in [1.165, 1.54) is 25.3 Å². The Hall–Kier alpha value is -1.83. The molecule has 0 saturated carbocycles. The highest BCUT2D eigenvalue weighted by Gasteiger charge is 2.13. The molecule has 0 radical (unpaired) electrons. The average Bonchev–Trinajstić information content (AvgIpc) is 2.16. The van der Waals surface area contributed by atoms with E-state index in [1.807, 2.05) is 0 Å². The molecule has 0 heterocycles. The van der Waals surface area contributed by atoms with Gasteiger partial charge < -0.3 is 9.47 Å². The summed E-state index contributed by atoms with van der Waals surface area (Å²) in [7, 11) is 1.35. The number of benzene rings is 1. The van der Waals surface area contributed by atoms with Crippen molar-refractivity contribution in [2.45, 2.75) is 6.61 Å². The van der Waals surface area contributed by atoms with Gasteiger partial charge in [-0.3, -0.25) is 0 Å². The Bertz CT molecular complexity index is 360. The number of alkyl halides is 2. The Kier molecular flexibility index (Phi) is 3.24. The third-order valence-corrected chi connectivity index (χ3v) is 1.54. The molecule has 0 aliphatic heterocycles. The second-order valence-electron chi connectivity index (χ2n) is 2.32. The van der Waals surface area contributed by atoms with E-state index < -0.39 is 6.61 Å². The summed E-state index contributed by atoms with van der Waals surface area (Å²) in [5, 5.41) is 8.69. The van der Waals surface area contributed by atoms with Crippen LogP contribution < -0.4 is 9.47 Å². The highest BCUT2D eigenvalue weighted by atomic mass is 19.3. The number of rotatable bonds is 3. The van der Waals surface area contributed by atoms with E-state index in [9.17, 15) is 8.78 Å². The smallest absolute Gasteiger partial charge is 0.387 e. The number of nitriles is 1. The minimum absolute atomic E-state index is 0.0321.